The Kier molecular flexibility index (Phi) is 4.71. The molecule has 2 rings (SSSR count). The Morgan fingerprint density at radius 3 is 2.76 bits per heavy atom. The number of anilines is 1. The summed E-state index contributed by atoms with van der Waals surface area (Å²) in [6.45, 7) is 0.410. The van der Waals surface area contributed by atoms with Crippen molar-refractivity contribution in [2.24, 2.45) is 5.73 Å². The molecule has 0 atom stereocenters. The standard InChI is InChI=1S/C15H18N4O2/c1-17-14-9-11(10-5-2-3-6-12(10)19-14)15(21)18-8-4-7-13(16)20/h2-3,5-6,9H,4,7-8H2,1H3,(H2,16,20)(H,17,19)(H,18,21). The van der Waals surface area contributed by atoms with Crippen LogP contribution >= 0.6 is 0 Å². The van der Waals surface area contributed by atoms with Crippen LogP contribution in [0.15, 0.2) is 30.3 Å². The monoisotopic (exact) mass is 286 g/mol. The predicted octanol–water partition coefficient (Wildman–Crippen LogP) is 1.27. The molecular weight excluding hydrogens is 268 g/mol. The minimum atomic E-state index is -0.365. The zero-order chi connectivity index (χ0) is 15.2. The molecule has 0 saturated heterocycles. The van der Waals surface area contributed by atoms with Gasteiger partial charge in [0.1, 0.15) is 5.82 Å². The van der Waals surface area contributed by atoms with Gasteiger partial charge in [-0.1, -0.05) is 18.2 Å². The highest BCUT2D eigenvalue weighted by Crippen LogP contribution is 2.20. The van der Waals surface area contributed by atoms with Crippen LogP contribution in [0.25, 0.3) is 10.9 Å². The predicted molar refractivity (Wildman–Crippen MR) is 82.1 cm³/mol. The number of hydrogen-bond acceptors (Lipinski definition) is 4. The normalized spacial score (nSPS) is 10.3. The maximum atomic E-state index is 12.3. The van der Waals surface area contributed by atoms with Gasteiger partial charge in [0.05, 0.1) is 11.1 Å². The van der Waals surface area contributed by atoms with Gasteiger partial charge < -0.3 is 16.4 Å². The number of nitrogens with zero attached hydrogens (tertiary/aromatic N) is 1. The molecule has 6 nitrogen and oxygen atoms in total. The van der Waals surface area contributed by atoms with Crippen LogP contribution in [-0.4, -0.2) is 30.4 Å². The summed E-state index contributed by atoms with van der Waals surface area (Å²) in [5.41, 5.74) is 6.38. The van der Waals surface area contributed by atoms with Crippen molar-refractivity contribution in [3.63, 3.8) is 0 Å². The second kappa shape index (κ2) is 6.69. The number of carbonyl (C=O) groups excluding carboxylic acids is 2. The van der Waals surface area contributed by atoms with Crippen molar-refractivity contribution in [2.75, 3.05) is 18.9 Å². The Balaban J connectivity index is 2.19. The van der Waals surface area contributed by atoms with E-state index in [4.69, 9.17) is 5.73 Å². The number of nitrogens with two attached hydrogens (primary N) is 1. The summed E-state index contributed by atoms with van der Waals surface area (Å²) in [7, 11) is 1.76. The lowest BCUT2D eigenvalue weighted by Crippen LogP contribution is -2.26. The van der Waals surface area contributed by atoms with Gasteiger partial charge in [0.25, 0.3) is 5.91 Å². The Morgan fingerprint density at radius 1 is 1.29 bits per heavy atom. The lowest BCUT2D eigenvalue weighted by atomic mass is 10.1. The van der Waals surface area contributed by atoms with Crippen LogP contribution in [0, 0.1) is 0 Å². The first-order valence-electron chi connectivity index (χ1n) is 6.76. The highest BCUT2D eigenvalue weighted by molar-refractivity contribution is 6.06. The SMILES string of the molecule is CNc1cc(C(=O)NCCCC(N)=O)c2ccccc2n1. The molecule has 0 aliphatic carbocycles. The second-order valence-electron chi connectivity index (χ2n) is 4.65. The number of para-hydroxylation sites is 1. The molecule has 110 valence electrons. The molecule has 4 N–H and O–H groups in total. The van der Waals surface area contributed by atoms with Crippen molar-refractivity contribution in [3.8, 4) is 0 Å². The third-order valence-corrected chi connectivity index (χ3v) is 3.10. The molecule has 0 bridgehead atoms. The molecule has 0 aliphatic rings. The maximum absolute atomic E-state index is 12.3. The molecular formula is C15H18N4O2. The Bertz CT molecular complexity index is 670. The van der Waals surface area contributed by atoms with E-state index in [1.807, 2.05) is 24.3 Å². The number of benzene rings is 1. The van der Waals surface area contributed by atoms with Crippen molar-refractivity contribution in [3.05, 3.63) is 35.9 Å². The third kappa shape index (κ3) is 3.68. The van der Waals surface area contributed by atoms with Crippen LogP contribution in [-0.2, 0) is 4.79 Å². The summed E-state index contributed by atoms with van der Waals surface area (Å²) < 4.78 is 0. The van der Waals surface area contributed by atoms with Crippen molar-refractivity contribution in [2.45, 2.75) is 12.8 Å². The summed E-state index contributed by atoms with van der Waals surface area (Å²) in [6, 6.07) is 9.18. The van der Waals surface area contributed by atoms with Crippen LogP contribution in [0.5, 0.6) is 0 Å². The molecule has 1 aromatic carbocycles. The highest BCUT2D eigenvalue weighted by Gasteiger charge is 2.12. The molecule has 0 saturated carbocycles. The molecule has 0 aliphatic heterocycles. The number of amides is 2. The van der Waals surface area contributed by atoms with Crippen LogP contribution in [0.2, 0.25) is 0 Å². The average molecular weight is 286 g/mol. The highest BCUT2D eigenvalue weighted by atomic mass is 16.2. The molecule has 21 heavy (non-hydrogen) atoms. The van der Waals surface area contributed by atoms with Crippen LogP contribution in [0.1, 0.15) is 23.2 Å². The fraction of sp³-hybridized carbons (Fsp3) is 0.267. The van der Waals surface area contributed by atoms with E-state index in [1.165, 1.54) is 0 Å². The van der Waals surface area contributed by atoms with Gasteiger partial charge in [-0.15, -0.1) is 0 Å². The van der Waals surface area contributed by atoms with Gasteiger partial charge in [0, 0.05) is 25.4 Å². The quantitative estimate of drug-likeness (QED) is 0.697. The molecule has 2 aromatic rings. The largest absolute Gasteiger partial charge is 0.373 e. The van der Waals surface area contributed by atoms with Crippen LogP contribution in [0.4, 0.5) is 5.82 Å². The van der Waals surface area contributed by atoms with E-state index in [-0.39, 0.29) is 18.2 Å². The Morgan fingerprint density at radius 2 is 2.05 bits per heavy atom. The van der Waals surface area contributed by atoms with Crippen LogP contribution < -0.4 is 16.4 Å². The fourth-order valence-electron chi connectivity index (χ4n) is 2.05. The second-order valence-corrected chi connectivity index (χ2v) is 4.65. The number of pyridine rings is 1. The molecule has 0 radical (unpaired) electrons. The molecule has 6 heteroatoms. The van der Waals surface area contributed by atoms with E-state index in [1.54, 1.807) is 13.1 Å². The minimum absolute atomic E-state index is 0.186. The van der Waals surface area contributed by atoms with Crippen molar-refractivity contribution < 1.29 is 9.59 Å². The molecule has 1 aromatic heterocycles. The first-order chi connectivity index (χ1) is 10.1. The first kappa shape index (κ1) is 14.8. The summed E-state index contributed by atoms with van der Waals surface area (Å²) in [6.07, 6.45) is 0.794. The first-order valence-corrected chi connectivity index (χ1v) is 6.76. The van der Waals surface area contributed by atoms with Crippen molar-refractivity contribution in [1.29, 1.82) is 0 Å². The lowest BCUT2D eigenvalue weighted by Gasteiger charge is -2.10. The van der Waals surface area contributed by atoms with E-state index in [0.717, 1.165) is 10.9 Å². The van der Waals surface area contributed by atoms with Gasteiger partial charge in [0.2, 0.25) is 5.91 Å². The summed E-state index contributed by atoms with van der Waals surface area (Å²) in [5.74, 6) is 0.0848. The summed E-state index contributed by atoms with van der Waals surface area (Å²) in [5, 5.41) is 6.54. The van der Waals surface area contributed by atoms with Crippen molar-refractivity contribution in [1.82, 2.24) is 10.3 Å². The lowest BCUT2D eigenvalue weighted by molar-refractivity contribution is -0.118. The van der Waals surface area contributed by atoms with Gasteiger partial charge in [-0.3, -0.25) is 9.59 Å². The van der Waals surface area contributed by atoms with Crippen molar-refractivity contribution >= 4 is 28.5 Å². The van der Waals surface area contributed by atoms with Crippen LogP contribution in [0.3, 0.4) is 0 Å². The zero-order valence-corrected chi connectivity index (χ0v) is 11.8. The number of rotatable bonds is 6. The number of primary amides is 1. The van der Waals surface area contributed by atoms with Gasteiger partial charge in [0.15, 0.2) is 0 Å². The summed E-state index contributed by atoms with van der Waals surface area (Å²) >= 11 is 0. The number of hydrogen-bond donors (Lipinski definition) is 3. The minimum Gasteiger partial charge on any atom is -0.373 e. The number of nitrogens with one attached hydrogen (secondary N) is 2. The molecule has 2 amide bonds. The fourth-order valence-corrected chi connectivity index (χ4v) is 2.05. The van der Waals surface area contributed by atoms with E-state index in [0.29, 0.717) is 24.3 Å². The Hall–Kier alpha value is -2.63. The molecule has 0 spiro atoms. The van der Waals surface area contributed by atoms with E-state index >= 15 is 0 Å². The third-order valence-electron chi connectivity index (χ3n) is 3.10. The number of fused-ring (bicyclic) bond motifs is 1. The zero-order valence-electron chi connectivity index (χ0n) is 11.8. The number of aromatic nitrogens is 1. The summed E-state index contributed by atoms with van der Waals surface area (Å²) in [4.78, 5) is 27.4. The molecule has 1 heterocycles. The van der Waals surface area contributed by atoms with Gasteiger partial charge in [-0.2, -0.15) is 0 Å². The molecule has 0 unspecified atom stereocenters. The number of carbonyl (C=O) groups is 2. The topological polar surface area (TPSA) is 97.1 Å². The Labute approximate surface area is 122 Å². The van der Waals surface area contributed by atoms with Gasteiger partial charge in [-0.25, -0.2) is 4.98 Å². The maximum Gasteiger partial charge on any atom is 0.252 e. The van der Waals surface area contributed by atoms with E-state index in [2.05, 4.69) is 15.6 Å². The van der Waals surface area contributed by atoms with Gasteiger partial charge in [-0.05, 0) is 18.6 Å². The smallest absolute Gasteiger partial charge is 0.252 e. The van der Waals surface area contributed by atoms with E-state index in [9.17, 15) is 9.59 Å². The van der Waals surface area contributed by atoms with Gasteiger partial charge >= 0.3 is 0 Å². The molecule has 0 fully saturated rings. The average Bonchev–Trinajstić information content (AvgIpc) is 2.50. The van der Waals surface area contributed by atoms with E-state index < -0.39 is 0 Å².